The summed E-state index contributed by atoms with van der Waals surface area (Å²) < 4.78 is 10.5. The number of carbonyl (C=O) groups is 1. The van der Waals surface area contributed by atoms with E-state index in [4.69, 9.17) is 9.47 Å². The molecule has 1 aromatic rings. The van der Waals surface area contributed by atoms with E-state index in [-0.39, 0.29) is 12.1 Å². The Morgan fingerprint density at radius 3 is 2.87 bits per heavy atom. The third-order valence-electron chi connectivity index (χ3n) is 2.43. The van der Waals surface area contributed by atoms with Crippen molar-refractivity contribution in [3.8, 4) is 0 Å². The van der Waals surface area contributed by atoms with Gasteiger partial charge in [-0.3, -0.25) is 0 Å². The molecule has 1 fully saturated rings. The number of ether oxygens (including phenoxy) is 2. The zero-order valence-electron chi connectivity index (χ0n) is 8.52. The number of hydrogen-bond donors (Lipinski definition) is 0. The topological polar surface area (TPSA) is 35.5 Å². The van der Waals surface area contributed by atoms with Crippen LogP contribution in [0, 0.1) is 0 Å². The monoisotopic (exact) mass is 206 g/mol. The number of hydrogen-bond acceptors (Lipinski definition) is 3. The Kier molecular flexibility index (Phi) is 3.35. The van der Waals surface area contributed by atoms with Crippen LogP contribution in [0.5, 0.6) is 0 Å². The molecular weight excluding hydrogens is 192 g/mol. The second-order valence-electron chi connectivity index (χ2n) is 3.60. The maximum Gasteiger partial charge on any atom is 0.338 e. The van der Waals surface area contributed by atoms with Crippen LogP contribution >= 0.6 is 0 Å². The third-order valence-corrected chi connectivity index (χ3v) is 2.43. The molecule has 1 heterocycles. The van der Waals surface area contributed by atoms with E-state index in [0.29, 0.717) is 12.2 Å². The zero-order valence-corrected chi connectivity index (χ0v) is 8.52. The summed E-state index contributed by atoms with van der Waals surface area (Å²) in [6.45, 7) is 1.15. The van der Waals surface area contributed by atoms with Crippen molar-refractivity contribution in [1.29, 1.82) is 0 Å². The summed E-state index contributed by atoms with van der Waals surface area (Å²) in [7, 11) is 0. The van der Waals surface area contributed by atoms with E-state index in [0.717, 1.165) is 19.4 Å². The molecule has 0 unspecified atom stereocenters. The van der Waals surface area contributed by atoms with Crippen molar-refractivity contribution in [2.75, 3.05) is 13.2 Å². The highest BCUT2D eigenvalue weighted by Crippen LogP contribution is 2.12. The minimum Gasteiger partial charge on any atom is -0.459 e. The average Bonchev–Trinajstić information content (AvgIpc) is 2.80. The smallest absolute Gasteiger partial charge is 0.338 e. The van der Waals surface area contributed by atoms with Crippen LogP contribution in [-0.2, 0) is 9.47 Å². The highest BCUT2D eigenvalue weighted by Gasteiger charge is 2.17. The normalized spacial score (nSPS) is 20.1. The van der Waals surface area contributed by atoms with Crippen LogP contribution in [-0.4, -0.2) is 25.3 Å². The first-order valence-corrected chi connectivity index (χ1v) is 5.20. The maximum absolute atomic E-state index is 11.5. The molecule has 0 N–H and O–H groups in total. The molecule has 0 amide bonds. The Labute approximate surface area is 89.0 Å². The van der Waals surface area contributed by atoms with Crippen LogP contribution in [0.15, 0.2) is 30.3 Å². The highest BCUT2D eigenvalue weighted by molar-refractivity contribution is 5.89. The summed E-state index contributed by atoms with van der Waals surface area (Å²) in [6, 6.07) is 9.01. The summed E-state index contributed by atoms with van der Waals surface area (Å²) in [6.07, 6.45) is 2.15. The fourth-order valence-electron chi connectivity index (χ4n) is 1.60. The van der Waals surface area contributed by atoms with Gasteiger partial charge in [-0.05, 0) is 25.0 Å². The lowest BCUT2D eigenvalue weighted by Gasteiger charge is -2.09. The summed E-state index contributed by atoms with van der Waals surface area (Å²) in [4.78, 5) is 11.5. The minimum absolute atomic E-state index is 0.0951. The van der Waals surface area contributed by atoms with Crippen molar-refractivity contribution in [2.45, 2.75) is 18.9 Å². The Bertz CT molecular complexity index is 315. The largest absolute Gasteiger partial charge is 0.459 e. The summed E-state index contributed by atoms with van der Waals surface area (Å²) in [5.74, 6) is -0.272. The van der Waals surface area contributed by atoms with Crippen molar-refractivity contribution in [1.82, 2.24) is 0 Å². The van der Waals surface area contributed by atoms with Crippen LogP contribution in [0.2, 0.25) is 0 Å². The van der Waals surface area contributed by atoms with Crippen LogP contribution in [0.3, 0.4) is 0 Å². The van der Waals surface area contributed by atoms with E-state index in [1.807, 2.05) is 18.2 Å². The van der Waals surface area contributed by atoms with E-state index >= 15 is 0 Å². The second kappa shape index (κ2) is 4.94. The fraction of sp³-hybridized carbons (Fsp3) is 0.417. The molecule has 0 saturated carbocycles. The molecule has 0 aliphatic carbocycles. The minimum atomic E-state index is -0.272. The predicted octanol–water partition coefficient (Wildman–Crippen LogP) is 2.02. The molecule has 1 atom stereocenters. The maximum atomic E-state index is 11.5. The predicted molar refractivity (Wildman–Crippen MR) is 55.7 cm³/mol. The van der Waals surface area contributed by atoms with Crippen LogP contribution < -0.4 is 0 Å². The lowest BCUT2D eigenvalue weighted by atomic mass is 10.2. The van der Waals surface area contributed by atoms with Gasteiger partial charge in [0, 0.05) is 6.61 Å². The number of benzene rings is 1. The van der Waals surface area contributed by atoms with Crippen molar-refractivity contribution in [2.24, 2.45) is 0 Å². The van der Waals surface area contributed by atoms with Crippen molar-refractivity contribution < 1.29 is 14.3 Å². The van der Waals surface area contributed by atoms with Crippen LogP contribution in [0.4, 0.5) is 0 Å². The standard InChI is InChI=1S/C12H14O3/c13-12(10-5-2-1-3-6-10)15-9-11-7-4-8-14-11/h1-3,5-6,11H,4,7-9H2/t11-/m1/s1. The van der Waals surface area contributed by atoms with E-state index in [9.17, 15) is 4.79 Å². The molecule has 0 spiro atoms. The molecule has 1 saturated heterocycles. The van der Waals surface area contributed by atoms with E-state index < -0.39 is 0 Å². The first kappa shape index (κ1) is 10.2. The van der Waals surface area contributed by atoms with Gasteiger partial charge in [0.15, 0.2) is 0 Å². The number of rotatable bonds is 3. The fourth-order valence-corrected chi connectivity index (χ4v) is 1.60. The van der Waals surface area contributed by atoms with Crippen molar-refractivity contribution in [3.63, 3.8) is 0 Å². The molecule has 15 heavy (non-hydrogen) atoms. The van der Waals surface area contributed by atoms with Gasteiger partial charge in [0.25, 0.3) is 0 Å². The van der Waals surface area contributed by atoms with Gasteiger partial charge in [0.2, 0.25) is 0 Å². The van der Waals surface area contributed by atoms with E-state index in [1.54, 1.807) is 12.1 Å². The molecular formula is C12H14O3. The molecule has 3 heteroatoms. The summed E-state index contributed by atoms with van der Waals surface area (Å²) in [5.41, 5.74) is 0.593. The van der Waals surface area contributed by atoms with Gasteiger partial charge in [0.05, 0.1) is 11.7 Å². The molecule has 80 valence electrons. The molecule has 0 bridgehead atoms. The quantitative estimate of drug-likeness (QED) is 0.710. The molecule has 1 aromatic carbocycles. The number of carbonyl (C=O) groups excluding carboxylic acids is 1. The number of esters is 1. The molecule has 1 aliphatic rings. The Balaban J connectivity index is 1.82. The van der Waals surface area contributed by atoms with Crippen molar-refractivity contribution in [3.05, 3.63) is 35.9 Å². The van der Waals surface area contributed by atoms with E-state index in [2.05, 4.69) is 0 Å². The summed E-state index contributed by atoms with van der Waals surface area (Å²) in [5, 5.41) is 0. The van der Waals surface area contributed by atoms with Crippen molar-refractivity contribution >= 4 is 5.97 Å². The van der Waals surface area contributed by atoms with Gasteiger partial charge in [-0.15, -0.1) is 0 Å². The van der Waals surface area contributed by atoms with Crippen LogP contribution in [0.1, 0.15) is 23.2 Å². The molecule has 2 rings (SSSR count). The third kappa shape index (κ3) is 2.80. The van der Waals surface area contributed by atoms with Gasteiger partial charge < -0.3 is 9.47 Å². The zero-order chi connectivity index (χ0) is 10.5. The van der Waals surface area contributed by atoms with Gasteiger partial charge in [-0.25, -0.2) is 4.79 Å². The Hall–Kier alpha value is -1.35. The van der Waals surface area contributed by atoms with Gasteiger partial charge in [-0.1, -0.05) is 18.2 Å². The second-order valence-corrected chi connectivity index (χ2v) is 3.60. The Morgan fingerprint density at radius 2 is 2.20 bits per heavy atom. The Morgan fingerprint density at radius 1 is 1.40 bits per heavy atom. The molecule has 0 aromatic heterocycles. The average molecular weight is 206 g/mol. The molecule has 3 nitrogen and oxygen atoms in total. The van der Waals surface area contributed by atoms with Gasteiger partial charge in [-0.2, -0.15) is 0 Å². The lowest BCUT2D eigenvalue weighted by Crippen LogP contribution is -2.17. The summed E-state index contributed by atoms with van der Waals surface area (Å²) >= 11 is 0. The SMILES string of the molecule is O=C(OC[C@H]1CCCO1)c1ccccc1. The molecule has 0 radical (unpaired) electrons. The van der Waals surface area contributed by atoms with Gasteiger partial charge in [0.1, 0.15) is 6.61 Å². The van der Waals surface area contributed by atoms with Crippen LogP contribution in [0.25, 0.3) is 0 Å². The first-order valence-electron chi connectivity index (χ1n) is 5.20. The highest BCUT2D eigenvalue weighted by atomic mass is 16.6. The van der Waals surface area contributed by atoms with E-state index in [1.165, 1.54) is 0 Å². The molecule has 1 aliphatic heterocycles. The van der Waals surface area contributed by atoms with Gasteiger partial charge >= 0.3 is 5.97 Å². The lowest BCUT2D eigenvalue weighted by molar-refractivity contribution is 0.0161. The first-order chi connectivity index (χ1) is 7.36.